The van der Waals surface area contributed by atoms with Crippen molar-refractivity contribution in [3.8, 4) is 0 Å². The van der Waals surface area contributed by atoms with Crippen molar-refractivity contribution in [1.29, 1.82) is 0 Å². The molecule has 0 aliphatic carbocycles. The molecule has 2 N–H and O–H groups in total. The van der Waals surface area contributed by atoms with Crippen LogP contribution in [0.2, 0.25) is 0 Å². The Labute approximate surface area is 146 Å². The maximum absolute atomic E-state index is 12.5. The molecule has 0 aliphatic rings. The first-order valence-corrected chi connectivity index (χ1v) is 8.92. The number of thioether (sulfide) groups is 1. The number of nitrogens with one attached hydrogen (secondary N) is 2. The van der Waals surface area contributed by atoms with Gasteiger partial charge in [-0.3, -0.25) is 9.59 Å². The minimum Gasteiger partial charge on any atom is -0.325 e. The summed E-state index contributed by atoms with van der Waals surface area (Å²) in [6.07, 6.45) is 1.67. The molecule has 0 bridgehead atoms. The summed E-state index contributed by atoms with van der Waals surface area (Å²) >= 11 is 1.26. The van der Waals surface area contributed by atoms with Crippen molar-refractivity contribution in [1.82, 2.24) is 9.97 Å². The van der Waals surface area contributed by atoms with Crippen LogP contribution in [0.5, 0.6) is 0 Å². The molecule has 5 nitrogen and oxygen atoms in total. The van der Waals surface area contributed by atoms with Crippen molar-refractivity contribution in [2.45, 2.75) is 50.9 Å². The molecule has 2 rings (SSSR count). The van der Waals surface area contributed by atoms with E-state index in [1.54, 1.807) is 6.92 Å². The summed E-state index contributed by atoms with van der Waals surface area (Å²) < 4.78 is 0. The lowest BCUT2D eigenvalue weighted by atomic mass is 10.1. The Balaban J connectivity index is 2.10. The number of hydrogen-bond acceptors (Lipinski definition) is 4. The van der Waals surface area contributed by atoms with Gasteiger partial charge in [0.1, 0.15) is 0 Å². The average molecular weight is 345 g/mol. The van der Waals surface area contributed by atoms with Gasteiger partial charge in [0.2, 0.25) is 5.91 Å². The highest BCUT2D eigenvalue weighted by Crippen LogP contribution is 2.23. The number of aromatic nitrogens is 2. The molecule has 0 aliphatic heterocycles. The predicted molar refractivity (Wildman–Crippen MR) is 98.7 cm³/mol. The Morgan fingerprint density at radius 1 is 1.33 bits per heavy atom. The van der Waals surface area contributed by atoms with Crippen LogP contribution in [0.15, 0.2) is 34.2 Å². The van der Waals surface area contributed by atoms with Crippen LogP contribution >= 0.6 is 11.8 Å². The molecule has 0 spiro atoms. The second kappa shape index (κ2) is 8.15. The summed E-state index contributed by atoms with van der Waals surface area (Å²) in [6, 6.07) is 7.41. The molecule has 1 aromatic carbocycles. The van der Waals surface area contributed by atoms with Crippen LogP contribution in [0, 0.1) is 13.8 Å². The Morgan fingerprint density at radius 3 is 2.62 bits per heavy atom. The second-order valence-corrected chi connectivity index (χ2v) is 7.14. The summed E-state index contributed by atoms with van der Waals surface area (Å²) in [7, 11) is 0. The van der Waals surface area contributed by atoms with Gasteiger partial charge in [0.15, 0.2) is 5.16 Å². The number of nitrogens with zero attached hydrogens (tertiary/aromatic N) is 1. The third kappa shape index (κ3) is 4.71. The first kappa shape index (κ1) is 18.3. The zero-order chi connectivity index (χ0) is 17.7. The molecule has 0 fully saturated rings. The minimum absolute atomic E-state index is 0.110. The number of amides is 1. The van der Waals surface area contributed by atoms with Crippen molar-refractivity contribution in [2.24, 2.45) is 0 Å². The van der Waals surface area contributed by atoms with Gasteiger partial charge < -0.3 is 10.3 Å². The smallest absolute Gasteiger partial charge is 0.251 e. The van der Waals surface area contributed by atoms with Crippen LogP contribution in [0.1, 0.15) is 37.1 Å². The molecule has 2 aromatic rings. The molecule has 128 valence electrons. The van der Waals surface area contributed by atoms with E-state index in [4.69, 9.17) is 0 Å². The first-order chi connectivity index (χ1) is 11.4. The molecule has 1 amide bonds. The minimum atomic E-state index is -0.371. The van der Waals surface area contributed by atoms with E-state index in [0.29, 0.717) is 5.16 Å². The van der Waals surface area contributed by atoms with E-state index in [-0.39, 0.29) is 16.7 Å². The lowest BCUT2D eigenvalue weighted by molar-refractivity contribution is -0.115. The van der Waals surface area contributed by atoms with E-state index in [0.717, 1.165) is 35.3 Å². The number of carbonyl (C=O) groups excluding carboxylic acids is 1. The van der Waals surface area contributed by atoms with Crippen LogP contribution in [-0.2, 0) is 11.2 Å². The van der Waals surface area contributed by atoms with Crippen molar-refractivity contribution in [2.75, 3.05) is 5.32 Å². The standard InChI is InChI=1S/C18H23N3O2S/c1-5-7-14-10-15(22)20-18(19-14)24-13(4)17(23)21-16-11(2)8-6-9-12(16)3/h6,8-10,13H,5,7H2,1-4H3,(H,21,23)(H,19,20,22). The fraction of sp³-hybridized carbons (Fsp3) is 0.389. The largest absolute Gasteiger partial charge is 0.325 e. The highest BCUT2D eigenvalue weighted by molar-refractivity contribution is 8.00. The number of hydrogen-bond donors (Lipinski definition) is 2. The first-order valence-electron chi connectivity index (χ1n) is 8.04. The molecule has 0 saturated carbocycles. The molecule has 1 heterocycles. The van der Waals surface area contributed by atoms with Crippen molar-refractivity contribution >= 4 is 23.4 Å². The summed E-state index contributed by atoms with van der Waals surface area (Å²) in [5, 5.41) is 3.08. The number of aryl methyl sites for hydroxylation is 3. The van der Waals surface area contributed by atoms with E-state index in [1.807, 2.05) is 39.0 Å². The number of rotatable bonds is 6. The molecular formula is C18H23N3O2S. The number of anilines is 1. The van der Waals surface area contributed by atoms with E-state index in [2.05, 4.69) is 15.3 Å². The lowest BCUT2D eigenvalue weighted by Crippen LogP contribution is -2.24. The number of H-pyrrole nitrogens is 1. The van der Waals surface area contributed by atoms with Crippen LogP contribution < -0.4 is 10.9 Å². The third-order valence-electron chi connectivity index (χ3n) is 3.67. The Morgan fingerprint density at radius 2 is 2.00 bits per heavy atom. The second-order valence-electron chi connectivity index (χ2n) is 5.81. The molecule has 24 heavy (non-hydrogen) atoms. The monoisotopic (exact) mass is 345 g/mol. The van der Waals surface area contributed by atoms with Gasteiger partial charge in [0.25, 0.3) is 5.56 Å². The highest BCUT2D eigenvalue weighted by atomic mass is 32.2. The molecular weight excluding hydrogens is 322 g/mol. The summed E-state index contributed by atoms with van der Waals surface area (Å²) in [4.78, 5) is 31.3. The van der Waals surface area contributed by atoms with Gasteiger partial charge >= 0.3 is 0 Å². The van der Waals surface area contributed by atoms with Crippen molar-refractivity contribution in [3.05, 3.63) is 51.4 Å². The Kier molecular flexibility index (Phi) is 6.20. The normalized spacial score (nSPS) is 12.0. The maximum Gasteiger partial charge on any atom is 0.251 e. The van der Waals surface area contributed by atoms with E-state index in [9.17, 15) is 9.59 Å². The van der Waals surface area contributed by atoms with Gasteiger partial charge in [-0.15, -0.1) is 0 Å². The fourth-order valence-corrected chi connectivity index (χ4v) is 3.21. The highest BCUT2D eigenvalue weighted by Gasteiger charge is 2.17. The van der Waals surface area contributed by atoms with Crippen molar-refractivity contribution in [3.63, 3.8) is 0 Å². The van der Waals surface area contributed by atoms with Gasteiger partial charge in [-0.1, -0.05) is 43.3 Å². The summed E-state index contributed by atoms with van der Waals surface area (Å²) in [5.74, 6) is -0.110. The molecule has 0 saturated heterocycles. The number of carbonyl (C=O) groups is 1. The summed E-state index contributed by atoms with van der Waals surface area (Å²) in [5.41, 5.74) is 3.47. The van der Waals surface area contributed by atoms with E-state index in [1.165, 1.54) is 17.8 Å². The Bertz CT molecular complexity index is 766. The van der Waals surface area contributed by atoms with Gasteiger partial charge in [0, 0.05) is 17.4 Å². The topological polar surface area (TPSA) is 74.8 Å². The van der Waals surface area contributed by atoms with Crippen LogP contribution in [0.25, 0.3) is 0 Å². The molecule has 1 unspecified atom stereocenters. The SMILES string of the molecule is CCCc1cc(=O)[nH]c(SC(C)C(=O)Nc2c(C)cccc2C)n1. The average Bonchev–Trinajstić information content (AvgIpc) is 2.50. The fourth-order valence-electron chi connectivity index (χ4n) is 2.38. The molecule has 1 aromatic heterocycles. The van der Waals surface area contributed by atoms with E-state index < -0.39 is 0 Å². The van der Waals surface area contributed by atoms with Crippen LogP contribution in [-0.4, -0.2) is 21.1 Å². The third-order valence-corrected chi connectivity index (χ3v) is 4.65. The number of aromatic amines is 1. The maximum atomic E-state index is 12.5. The predicted octanol–water partition coefficient (Wildman–Crippen LogP) is 3.46. The van der Waals surface area contributed by atoms with E-state index >= 15 is 0 Å². The quantitative estimate of drug-likeness (QED) is 0.621. The zero-order valence-electron chi connectivity index (χ0n) is 14.5. The lowest BCUT2D eigenvalue weighted by Gasteiger charge is -2.15. The molecule has 1 atom stereocenters. The van der Waals surface area contributed by atoms with Gasteiger partial charge in [-0.05, 0) is 38.3 Å². The number of benzene rings is 1. The van der Waals surface area contributed by atoms with Crippen molar-refractivity contribution < 1.29 is 4.79 Å². The number of para-hydroxylation sites is 1. The van der Waals surface area contributed by atoms with Gasteiger partial charge in [0.05, 0.1) is 5.25 Å². The molecule has 0 radical (unpaired) electrons. The van der Waals surface area contributed by atoms with Gasteiger partial charge in [-0.2, -0.15) is 0 Å². The molecule has 6 heteroatoms. The van der Waals surface area contributed by atoms with Crippen LogP contribution in [0.3, 0.4) is 0 Å². The van der Waals surface area contributed by atoms with Gasteiger partial charge in [-0.25, -0.2) is 4.98 Å². The Hall–Kier alpha value is -2.08. The summed E-state index contributed by atoms with van der Waals surface area (Å²) in [6.45, 7) is 7.78. The zero-order valence-corrected chi connectivity index (χ0v) is 15.3. The van der Waals surface area contributed by atoms with Crippen LogP contribution in [0.4, 0.5) is 5.69 Å².